The molecule has 22 bridgehead atoms. The van der Waals surface area contributed by atoms with Crippen LogP contribution in [0.2, 0.25) is 0 Å². The molecule has 0 heterocycles. The van der Waals surface area contributed by atoms with Crippen LogP contribution in [0.15, 0.2) is 0 Å². The third-order valence-electron chi connectivity index (χ3n) is 36.5. The average Bonchev–Trinajstić information content (AvgIpc) is 1.52. The van der Waals surface area contributed by atoms with Crippen LogP contribution in [-0.4, -0.2) is 127 Å². The van der Waals surface area contributed by atoms with Crippen molar-refractivity contribution in [2.24, 2.45) is 187 Å². The summed E-state index contributed by atoms with van der Waals surface area (Å²) < 4.78 is 64.8. The van der Waals surface area contributed by atoms with E-state index < -0.39 is 0 Å². The fourth-order valence-electron chi connectivity index (χ4n) is 29.3. The van der Waals surface area contributed by atoms with Crippen LogP contribution in [-0.2, 0) is 95.2 Å². The van der Waals surface area contributed by atoms with Crippen molar-refractivity contribution in [3.8, 4) is 0 Å². The van der Waals surface area contributed by atoms with Gasteiger partial charge in [0, 0.05) is 6.61 Å². The van der Waals surface area contributed by atoms with E-state index in [0.29, 0.717) is 48.6 Å². The van der Waals surface area contributed by atoms with Crippen LogP contribution in [0.3, 0.4) is 0 Å². The van der Waals surface area contributed by atoms with Gasteiger partial charge in [0.2, 0.25) is 0 Å². The van der Waals surface area contributed by atoms with E-state index in [0.717, 1.165) is 170 Å². The molecule has 19 unspecified atom stereocenters. The minimum Gasteiger partial charge on any atom is -0.469 e. The van der Waals surface area contributed by atoms with Gasteiger partial charge in [0.1, 0.15) is 0 Å². The molecule has 0 aliphatic heterocycles. The molecule has 0 radical (unpaired) electrons. The lowest BCUT2D eigenvalue weighted by molar-refractivity contribution is -0.223. The minimum absolute atomic E-state index is 0.0218. The average molecular weight is 1740 g/mol. The highest BCUT2D eigenvalue weighted by atomic mass is 16.7. The first-order valence-electron chi connectivity index (χ1n) is 50.6. The molecule has 0 saturated heterocycles. The molecule has 0 amide bonds. The summed E-state index contributed by atoms with van der Waals surface area (Å²) in [4.78, 5) is 93.0. The SMILES string of the molecule is CC(OC(=O)C1CC2CC1C1C3CCC(C3)C21)OC1C2CC3CC(C2)CC1C3.CC(OC(=O)C1CC2CCC1C2)OC1C2CC3CC(C2)CC1C3.CCC(C)(C)C(=O)OC.CCC(C)(C)C(=O)OC.CCC(C)(C)C(=O)OC.CCC(C)(C)C(=O)OC.CCOC(C)OC(=O)C1CC2CCC1C2.O=C(OCOC1C2CC3CC(C2)CC1C3)C1CC2CCC1C2. The van der Waals surface area contributed by atoms with Crippen molar-refractivity contribution in [1.29, 1.82) is 0 Å². The Hall–Kier alpha value is -4.40. The number of rotatable bonds is 24. The van der Waals surface area contributed by atoms with Crippen LogP contribution < -0.4 is 0 Å². The summed E-state index contributed by atoms with van der Waals surface area (Å²) >= 11 is 0. The maximum absolute atomic E-state index is 13.1. The summed E-state index contributed by atoms with van der Waals surface area (Å²) in [5, 5.41) is 0. The number of carbonyl (C=O) groups excluding carboxylic acids is 8. The Labute approximate surface area is 747 Å². The smallest absolute Gasteiger partial charge is 0.311 e. The largest absolute Gasteiger partial charge is 0.469 e. The van der Waals surface area contributed by atoms with Gasteiger partial charge in [-0.1, -0.05) is 47.0 Å². The third-order valence-corrected chi connectivity index (χ3v) is 36.5. The van der Waals surface area contributed by atoms with E-state index in [4.69, 9.17) is 37.9 Å². The van der Waals surface area contributed by atoms with Crippen LogP contribution in [0.5, 0.6) is 0 Å². The number of carbonyl (C=O) groups is 8. The molecule has 20 nitrogen and oxygen atoms in total. The number of hydrogen-bond donors (Lipinski definition) is 0. The molecule has 22 aliphatic rings. The van der Waals surface area contributed by atoms with Crippen LogP contribution in [0.25, 0.3) is 0 Å². The molecule has 124 heavy (non-hydrogen) atoms. The molecular weight excluding hydrogens is 1570 g/mol. The Morgan fingerprint density at radius 1 is 0.282 bits per heavy atom. The molecule has 22 saturated carbocycles. The maximum atomic E-state index is 13.1. The zero-order valence-corrected chi connectivity index (χ0v) is 80.7. The Kier molecular flexibility index (Phi) is 34.1. The van der Waals surface area contributed by atoms with E-state index >= 15 is 0 Å². The van der Waals surface area contributed by atoms with Gasteiger partial charge in [-0.3, -0.25) is 38.4 Å². The van der Waals surface area contributed by atoms with Crippen molar-refractivity contribution in [3.63, 3.8) is 0 Å². The van der Waals surface area contributed by atoms with Gasteiger partial charge in [-0.2, -0.15) is 0 Å². The molecule has 22 rings (SSSR count). The summed E-state index contributed by atoms with van der Waals surface area (Å²) in [6, 6.07) is 0. The van der Waals surface area contributed by atoms with Gasteiger partial charge in [0.05, 0.1) is 92.1 Å². The molecular formula is C104H170O20. The highest BCUT2D eigenvalue weighted by molar-refractivity contribution is 5.78. The number of methoxy groups -OCH3 is 4. The van der Waals surface area contributed by atoms with Crippen molar-refractivity contribution in [2.75, 3.05) is 41.8 Å². The fourth-order valence-corrected chi connectivity index (χ4v) is 29.3. The highest BCUT2D eigenvalue weighted by Gasteiger charge is 2.64. The van der Waals surface area contributed by atoms with E-state index in [1.54, 1.807) is 6.92 Å². The predicted molar refractivity (Wildman–Crippen MR) is 474 cm³/mol. The molecule has 19 atom stereocenters. The van der Waals surface area contributed by atoms with Crippen molar-refractivity contribution < 1.29 is 95.2 Å². The fraction of sp³-hybridized carbons (Fsp3) is 0.923. The monoisotopic (exact) mass is 1740 g/mol. The van der Waals surface area contributed by atoms with Crippen molar-refractivity contribution in [1.82, 2.24) is 0 Å². The topological polar surface area (TPSA) is 247 Å². The van der Waals surface area contributed by atoms with Crippen LogP contribution in [0.1, 0.15) is 342 Å². The number of hydrogen-bond acceptors (Lipinski definition) is 20. The second kappa shape index (κ2) is 42.9. The first-order chi connectivity index (χ1) is 58.9. The Morgan fingerprint density at radius 2 is 0.573 bits per heavy atom. The Bertz CT molecular complexity index is 3330. The molecule has 0 aromatic rings. The van der Waals surface area contributed by atoms with E-state index in [9.17, 15) is 38.4 Å². The van der Waals surface area contributed by atoms with E-state index in [2.05, 4.69) is 18.9 Å². The van der Waals surface area contributed by atoms with Gasteiger partial charge < -0.3 is 56.8 Å². The minimum atomic E-state index is -0.387. The molecule has 22 fully saturated rings. The lowest BCUT2D eigenvalue weighted by atomic mass is 9.55. The number of fused-ring (bicyclic) bond motifs is 15. The highest BCUT2D eigenvalue weighted by Crippen LogP contribution is 2.69. The van der Waals surface area contributed by atoms with E-state index in [-0.39, 0.29) is 119 Å². The lowest BCUT2D eigenvalue weighted by Crippen LogP contribution is -2.50. The molecule has 0 spiro atoms. The molecule has 20 heteroatoms. The van der Waals surface area contributed by atoms with Gasteiger partial charge in [-0.25, -0.2) is 0 Å². The van der Waals surface area contributed by atoms with Gasteiger partial charge in [-0.15, -0.1) is 0 Å². The van der Waals surface area contributed by atoms with Crippen LogP contribution in [0.4, 0.5) is 0 Å². The lowest BCUT2D eigenvalue weighted by Gasteiger charge is -2.54. The van der Waals surface area contributed by atoms with Crippen LogP contribution >= 0.6 is 0 Å². The van der Waals surface area contributed by atoms with E-state index in [1.165, 1.54) is 208 Å². The molecule has 0 N–H and O–H groups in total. The van der Waals surface area contributed by atoms with Crippen molar-refractivity contribution in [3.05, 3.63) is 0 Å². The molecule has 22 aliphatic carbocycles. The predicted octanol–water partition coefficient (Wildman–Crippen LogP) is 21.7. The summed E-state index contributed by atoms with van der Waals surface area (Å²) in [7, 11) is 5.67. The molecule has 0 aromatic heterocycles. The number of ether oxygens (including phenoxy) is 12. The Balaban J connectivity index is 0.000000135. The Morgan fingerprint density at radius 3 is 0.863 bits per heavy atom. The third kappa shape index (κ3) is 23.5. The van der Waals surface area contributed by atoms with E-state index in [1.807, 2.05) is 104 Å². The van der Waals surface area contributed by atoms with Gasteiger partial charge in [0.15, 0.2) is 25.7 Å². The van der Waals surface area contributed by atoms with Crippen molar-refractivity contribution in [2.45, 2.75) is 379 Å². The summed E-state index contributed by atoms with van der Waals surface area (Å²) in [5.74, 6) is 19.8. The maximum Gasteiger partial charge on any atom is 0.311 e. The standard InChI is InChI=1S/C25H36O3.C20H30O3.C19H28O3.C12H20O3.4C7H14O2/c1-12(27-24-18-5-13-4-14(7-18)8-19(24)6-13)28-25(26)21-11-17-10-20(21)23-16-3-2-15(9-16)22(17)23;1-11(23-20(21)18-10-12-2-3-15(18)5-12)22-19-16-6-13-4-14(8-16)9-17(19)7-13;20-19(17-9-11-1-2-14(17)4-11)22-10-21-18-15-5-12-3-13(7-15)8-16(18)6-12;1-3-14-8(2)15-12(13)11-7-9-4-5-10(11)6-9;4*1-5-7(2,3)6(8)9-4/h12-24H,2-11H2,1H3;11-19H,2-10H2,1H3;11-18H,1-10H2;8-11H,3-7H2,1-2H3;4*5H2,1-4H3. The summed E-state index contributed by atoms with van der Waals surface area (Å²) in [6.07, 6.45) is 45.3. The summed E-state index contributed by atoms with van der Waals surface area (Å²) in [6.45, 7) is 31.3. The number of esters is 8. The first-order valence-corrected chi connectivity index (χ1v) is 50.6. The van der Waals surface area contributed by atoms with Gasteiger partial charge in [0.25, 0.3) is 0 Å². The first kappa shape index (κ1) is 98.6. The summed E-state index contributed by atoms with van der Waals surface area (Å²) in [5.41, 5.74) is -1.24. The van der Waals surface area contributed by atoms with Crippen LogP contribution in [0, 0.1) is 187 Å². The molecule has 706 valence electrons. The van der Waals surface area contributed by atoms with Crippen molar-refractivity contribution >= 4 is 47.8 Å². The quantitative estimate of drug-likeness (QED) is 0.0377. The normalized spacial score (nSPS) is 39.3. The second-order valence-corrected chi connectivity index (χ2v) is 45.9. The molecule has 0 aromatic carbocycles. The zero-order valence-electron chi connectivity index (χ0n) is 80.7. The zero-order chi connectivity index (χ0) is 89.6. The second-order valence-electron chi connectivity index (χ2n) is 45.9. The van der Waals surface area contributed by atoms with Gasteiger partial charge >= 0.3 is 47.8 Å². The van der Waals surface area contributed by atoms with Gasteiger partial charge in [-0.05, 0) is 437 Å².